The molecule has 0 radical (unpaired) electrons. The minimum Gasteiger partial charge on any atom is -0.395 e. The molecule has 1 N–H and O–H groups in total. The van der Waals surface area contributed by atoms with Crippen LogP contribution >= 0.6 is 11.6 Å². The second kappa shape index (κ2) is 6.53. The van der Waals surface area contributed by atoms with Crippen LogP contribution in [0.25, 0.3) is 0 Å². The zero-order chi connectivity index (χ0) is 15.5. The Morgan fingerprint density at radius 2 is 1.67 bits per heavy atom. The summed E-state index contributed by atoms with van der Waals surface area (Å²) in [7, 11) is 0. The Kier molecular flexibility index (Phi) is 5.15. The molecule has 0 saturated heterocycles. The highest BCUT2D eigenvalue weighted by Gasteiger charge is 2.37. The molecule has 1 aliphatic carbocycles. The quantitative estimate of drug-likeness (QED) is 0.799. The lowest BCUT2D eigenvalue weighted by atomic mass is 9.74. The van der Waals surface area contributed by atoms with Gasteiger partial charge in [-0.2, -0.15) is 13.2 Å². The molecule has 118 valence electrons. The number of rotatable bonds is 2. The first-order valence-electron chi connectivity index (χ1n) is 7.23. The molecule has 6 heteroatoms. The van der Waals surface area contributed by atoms with Crippen LogP contribution in [0.15, 0.2) is 12.1 Å². The first-order valence-corrected chi connectivity index (χ1v) is 7.61. The van der Waals surface area contributed by atoms with E-state index in [9.17, 15) is 18.3 Å². The lowest BCUT2D eigenvalue weighted by Crippen LogP contribution is -2.33. The maximum Gasteiger partial charge on any atom is 0.416 e. The maximum absolute atomic E-state index is 12.9. The van der Waals surface area contributed by atoms with Gasteiger partial charge in [0.1, 0.15) is 5.15 Å². The van der Waals surface area contributed by atoms with Crippen LogP contribution in [0.4, 0.5) is 13.2 Å². The molecule has 0 aliphatic heterocycles. The third-order valence-electron chi connectivity index (χ3n) is 4.28. The highest BCUT2D eigenvalue weighted by Crippen LogP contribution is 2.39. The van der Waals surface area contributed by atoms with Crippen molar-refractivity contribution < 1.29 is 18.3 Å². The SMILES string of the molecule is OCC1(c2cc(C(F)(F)F)cc(Cl)n2)CCCCCCC1. The Morgan fingerprint density at radius 3 is 2.19 bits per heavy atom. The summed E-state index contributed by atoms with van der Waals surface area (Å²) in [6, 6.07) is 1.88. The Hall–Kier alpha value is -0.810. The topological polar surface area (TPSA) is 33.1 Å². The van der Waals surface area contributed by atoms with E-state index < -0.39 is 17.2 Å². The summed E-state index contributed by atoms with van der Waals surface area (Å²) in [6.45, 7) is -0.197. The largest absolute Gasteiger partial charge is 0.416 e. The Labute approximate surface area is 127 Å². The zero-order valence-electron chi connectivity index (χ0n) is 11.7. The van der Waals surface area contributed by atoms with Crippen LogP contribution in [0.5, 0.6) is 0 Å². The molecule has 1 aromatic heterocycles. The van der Waals surface area contributed by atoms with Gasteiger partial charge >= 0.3 is 6.18 Å². The minimum atomic E-state index is -4.46. The Balaban J connectivity index is 2.42. The summed E-state index contributed by atoms with van der Waals surface area (Å²) in [5.74, 6) is 0. The highest BCUT2D eigenvalue weighted by atomic mass is 35.5. The van der Waals surface area contributed by atoms with E-state index in [1.807, 2.05) is 0 Å². The molecule has 2 nitrogen and oxygen atoms in total. The predicted octanol–water partition coefficient (Wildman–Crippen LogP) is 4.73. The summed E-state index contributed by atoms with van der Waals surface area (Å²) in [4.78, 5) is 4.09. The van der Waals surface area contributed by atoms with E-state index in [4.69, 9.17) is 11.6 Å². The van der Waals surface area contributed by atoms with E-state index in [0.717, 1.165) is 44.2 Å². The first-order chi connectivity index (χ1) is 9.87. The molecule has 0 unspecified atom stereocenters. The first kappa shape index (κ1) is 16.6. The fourth-order valence-electron chi connectivity index (χ4n) is 3.01. The summed E-state index contributed by atoms with van der Waals surface area (Å²) >= 11 is 5.77. The van der Waals surface area contributed by atoms with Crippen LogP contribution in [0.2, 0.25) is 5.15 Å². The number of nitrogens with zero attached hydrogens (tertiary/aromatic N) is 1. The third-order valence-corrected chi connectivity index (χ3v) is 4.47. The molecule has 0 amide bonds. The zero-order valence-corrected chi connectivity index (χ0v) is 12.5. The molecule has 2 rings (SSSR count). The number of hydrogen-bond acceptors (Lipinski definition) is 2. The van der Waals surface area contributed by atoms with Gasteiger partial charge in [0.05, 0.1) is 17.9 Å². The van der Waals surface area contributed by atoms with Crippen LogP contribution in [0, 0.1) is 0 Å². The molecule has 21 heavy (non-hydrogen) atoms. The third kappa shape index (κ3) is 3.89. The molecule has 1 fully saturated rings. The number of aliphatic hydroxyl groups is 1. The molecular formula is C15H19ClF3NO. The summed E-state index contributed by atoms with van der Waals surface area (Å²) in [5.41, 5.74) is -1.23. The number of aromatic nitrogens is 1. The fraction of sp³-hybridized carbons (Fsp3) is 0.667. The monoisotopic (exact) mass is 321 g/mol. The van der Waals surface area contributed by atoms with E-state index in [-0.39, 0.29) is 17.5 Å². The summed E-state index contributed by atoms with van der Waals surface area (Å²) < 4.78 is 38.8. The number of aliphatic hydroxyl groups excluding tert-OH is 1. The van der Waals surface area contributed by atoms with Crippen LogP contribution < -0.4 is 0 Å². The maximum atomic E-state index is 12.9. The molecule has 1 heterocycles. The van der Waals surface area contributed by atoms with Crippen molar-refractivity contribution in [2.45, 2.75) is 56.5 Å². The summed E-state index contributed by atoms with van der Waals surface area (Å²) in [5, 5.41) is 9.66. The second-order valence-electron chi connectivity index (χ2n) is 5.77. The van der Waals surface area contributed by atoms with Crippen molar-refractivity contribution >= 4 is 11.6 Å². The standard InChI is InChI=1S/C15H19ClF3NO/c16-13-9-11(15(17,18)19)8-12(20-13)14(10-21)6-4-2-1-3-5-7-14/h8-9,21H,1-7,10H2. The smallest absolute Gasteiger partial charge is 0.395 e. The van der Waals surface area contributed by atoms with E-state index in [1.165, 1.54) is 0 Å². The lowest BCUT2D eigenvalue weighted by Gasteiger charge is -2.33. The molecular weight excluding hydrogens is 303 g/mol. The molecule has 1 aromatic rings. The number of alkyl halides is 3. The van der Waals surface area contributed by atoms with Gasteiger partial charge in [0, 0.05) is 5.41 Å². The fourth-order valence-corrected chi connectivity index (χ4v) is 3.22. The van der Waals surface area contributed by atoms with Crippen LogP contribution in [-0.2, 0) is 11.6 Å². The average Bonchev–Trinajstić information content (AvgIpc) is 2.37. The molecule has 1 aliphatic rings. The minimum absolute atomic E-state index is 0.172. The van der Waals surface area contributed by atoms with Crippen LogP contribution in [0.1, 0.15) is 56.2 Å². The van der Waals surface area contributed by atoms with Crippen LogP contribution in [-0.4, -0.2) is 16.7 Å². The van der Waals surface area contributed by atoms with E-state index in [1.54, 1.807) is 0 Å². The molecule has 0 spiro atoms. The second-order valence-corrected chi connectivity index (χ2v) is 6.16. The van der Waals surface area contributed by atoms with Gasteiger partial charge in [-0.05, 0) is 25.0 Å². The molecule has 0 atom stereocenters. The van der Waals surface area contributed by atoms with E-state index in [2.05, 4.69) is 4.98 Å². The van der Waals surface area contributed by atoms with E-state index in [0.29, 0.717) is 12.8 Å². The van der Waals surface area contributed by atoms with Crippen molar-refractivity contribution in [1.82, 2.24) is 4.98 Å². The van der Waals surface area contributed by atoms with Gasteiger partial charge in [0.15, 0.2) is 0 Å². The predicted molar refractivity (Wildman–Crippen MR) is 75.3 cm³/mol. The number of halogens is 4. The number of pyridine rings is 1. The van der Waals surface area contributed by atoms with Gasteiger partial charge in [-0.1, -0.05) is 43.7 Å². The molecule has 0 aromatic carbocycles. The van der Waals surface area contributed by atoms with Gasteiger partial charge in [-0.25, -0.2) is 4.98 Å². The van der Waals surface area contributed by atoms with Gasteiger partial charge < -0.3 is 5.11 Å². The molecule has 0 bridgehead atoms. The van der Waals surface area contributed by atoms with Crippen molar-refractivity contribution in [2.24, 2.45) is 0 Å². The highest BCUT2D eigenvalue weighted by molar-refractivity contribution is 6.29. The Bertz CT molecular complexity index is 482. The Morgan fingerprint density at radius 1 is 1.10 bits per heavy atom. The lowest BCUT2D eigenvalue weighted by molar-refractivity contribution is -0.137. The van der Waals surface area contributed by atoms with Gasteiger partial charge in [-0.3, -0.25) is 0 Å². The normalized spacial score (nSPS) is 19.9. The van der Waals surface area contributed by atoms with Gasteiger partial charge in [0.25, 0.3) is 0 Å². The van der Waals surface area contributed by atoms with Crippen molar-refractivity contribution in [3.05, 3.63) is 28.5 Å². The van der Waals surface area contributed by atoms with E-state index >= 15 is 0 Å². The van der Waals surface area contributed by atoms with Gasteiger partial charge in [-0.15, -0.1) is 0 Å². The number of hydrogen-bond donors (Lipinski definition) is 1. The summed E-state index contributed by atoms with van der Waals surface area (Å²) in [6.07, 6.45) is 1.81. The average molecular weight is 322 g/mol. The van der Waals surface area contributed by atoms with Crippen LogP contribution in [0.3, 0.4) is 0 Å². The van der Waals surface area contributed by atoms with Crippen molar-refractivity contribution in [3.63, 3.8) is 0 Å². The van der Waals surface area contributed by atoms with Crippen molar-refractivity contribution in [3.8, 4) is 0 Å². The van der Waals surface area contributed by atoms with Crippen molar-refractivity contribution in [2.75, 3.05) is 6.61 Å². The molecule has 1 saturated carbocycles. The van der Waals surface area contributed by atoms with Gasteiger partial charge in [0.2, 0.25) is 0 Å². The van der Waals surface area contributed by atoms with Crippen molar-refractivity contribution in [1.29, 1.82) is 0 Å².